The van der Waals surface area contributed by atoms with Gasteiger partial charge in [-0.3, -0.25) is 14.6 Å². The Morgan fingerprint density at radius 3 is 2.88 bits per heavy atom. The van der Waals surface area contributed by atoms with Crippen LogP contribution in [0.3, 0.4) is 0 Å². The van der Waals surface area contributed by atoms with E-state index in [-0.39, 0.29) is 18.6 Å². The van der Waals surface area contributed by atoms with Gasteiger partial charge in [0.05, 0.1) is 17.3 Å². The van der Waals surface area contributed by atoms with Gasteiger partial charge >= 0.3 is 0 Å². The fraction of sp³-hybridized carbons (Fsp3) is 0.316. The number of carbonyl (C=O) groups excluding carboxylic acids is 1. The van der Waals surface area contributed by atoms with Gasteiger partial charge in [-0.25, -0.2) is 5.48 Å². The normalized spacial score (nSPS) is 16.5. The van der Waals surface area contributed by atoms with Crippen LogP contribution in [-0.2, 0) is 16.2 Å². The van der Waals surface area contributed by atoms with Crippen LogP contribution in [0, 0.1) is 18.3 Å². The van der Waals surface area contributed by atoms with Crippen molar-refractivity contribution in [1.82, 2.24) is 10.5 Å². The van der Waals surface area contributed by atoms with Crippen LogP contribution in [0.1, 0.15) is 29.8 Å². The molecule has 1 saturated heterocycles. The number of benzene rings is 1. The molecule has 1 aliphatic rings. The zero-order valence-electron chi connectivity index (χ0n) is 14.1. The summed E-state index contributed by atoms with van der Waals surface area (Å²) in [4.78, 5) is 24.2. The van der Waals surface area contributed by atoms with E-state index in [2.05, 4.69) is 16.5 Å². The van der Waals surface area contributed by atoms with Crippen molar-refractivity contribution in [2.75, 3.05) is 11.4 Å². The van der Waals surface area contributed by atoms with Gasteiger partial charge in [0.25, 0.3) is 5.91 Å². The van der Waals surface area contributed by atoms with Crippen LogP contribution in [0.5, 0.6) is 0 Å². The lowest BCUT2D eigenvalue weighted by Crippen LogP contribution is -2.43. The Bertz CT molecular complexity index is 783. The number of hydrogen-bond donors (Lipinski definition) is 1. The van der Waals surface area contributed by atoms with Crippen molar-refractivity contribution in [2.45, 2.75) is 32.4 Å². The number of nitrogens with zero attached hydrogens (tertiary/aromatic N) is 3. The van der Waals surface area contributed by atoms with Gasteiger partial charge in [-0.2, -0.15) is 5.26 Å². The molecule has 0 radical (unpaired) electrons. The maximum atomic E-state index is 12.5. The van der Waals surface area contributed by atoms with E-state index < -0.39 is 0 Å². The number of nitriles is 1. The van der Waals surface area contributed by atoms with Gasteiger partial charge in [-0.15, -0.1) is 0 Å². The average molecular weight is 336 g/mol. The van der Waals surface area contributed by atoms with Crippen LogP contribution in [0.25, 0.3) is 0 Å². The number of pyridine rings is 1. The highest BCUT2D eigenvalue weighted by atomic mass is 16.7. The Hall–Kier alpha value is -2.91. The molecule has 6 heteroatoms. The predicted octanol–water partition coefficient (Wildman–Crippen LogP) is 2.48. The van der Waals surface area contributed by atoms with Gasteiger partial charge in [0, 0.05) is 17.9 Å². The van der Waals surface area contributed by atoms with E-state index in [1.54, 1.807) is 12.1 Å². The van der Waals surface area contributed by atoms with E-state index in [0.717, 1.165) is 36.5 Å². The molecule has 1 fully saturated rings. The van der Waals surface area contributed by atoms with E-state index in [1.807, 2.05) is 42.2 Å². The molecule has 3 rings (SSSR count). The van der Waals surface area contributed by atoms with E-state index >= 15 is 0 Å². The van der Waals surface area contributed by atoms with Crippen LogP contribution in [0.4, 0.5) is 5.69 Å². The van der Waals surface area contributed by atoms with Crippen LogP contribution < -0.4 is 10.4 Å². The molecule has 0 saturated carbocycles. The molecule has 1 amide bonds. The minimum Gasteiger partial charge on any atom is -0.359 e. The number of nitrogens with one attached hydrogen (secondary N) is 1. The van der Waals surface area contributed by atoms with E-state index in [1.165, 1.54) is 0 Å². The molecule has 128 valence electrons. The summed E-state index contributed by atoms with van der Waals surface area (Å²) in [6.45, 7) is 2.95. The second kappa shape index (κ2) is 7.77. The molecular weight excluding hydrogens is 316 g/mol. The minimum absolute atomic E-state index is 0.158. The highest BCUT2D eigenvalue weighted by molar-refractivity contribution is 5.85. The lowest BCUT2D eigenvalue weighted by molar-refractivity contribution is -0.135. The summed E-state index contributed by atoms with van der Waals surface area (Å²) < 4.78 is 0. The second-order valence-corrected chi connectivity index (χ2v) is 6.04. The first-order valence-electron chi connectivity index (χ1n) is 8.28. The number of aromatic nitrogens is 1. The SMILES string of the molecule is Cc1cccc(CONC(=O)C2CCCN2c2ccc(C#N)cc2)n1. The molecule has 1 aromatic carbocycles. The highest BCUT2D eigenvalue weighted by Gasteiger charge is 2.31. The maximum Gasteiger partial charge on any atom is 0.266 e. The van der Waals surface area contributed by atoms with E-state index in [9.17, 15) is 4.79 Å². The molecule has 0 bridgehead atoms. The first kappa shape index (κ1) is 16.9. The third-order valence-electron chi connectivity index (χ3n) is 4.22. The molecule has 25 heavy (non-hydrogen) atoms. The molecule has 0 spiro atoms. The molecule has 1 aliphatic heterocycles. The minimum atomic E-state index is -0.265. The number of aryl methyl sites for hydroxylation is 1. The summed E-state index contributed by atoms with van der Waals surface area (Å²) in [7, 11) is 0. The predicted molar refractivity (Wildman–Crippen MR) is 93.4 cm³/mol. The number of anilines is 1. The van der Waals surface area contributed by atoms with Crippen molar-refractivity contribution in [2.24, 2.45) is 0 Å². The van der Waals surface area contributed by atoms with Crippen molar-refractivity contribution in [3.05, 3.63) is 59.4 Å². The molecular formula is C19H20N4O2. The van der Waals surface area contributed by atoms with Crippen molar-refractivity contribution < 1.29 is 9.63 Å². The van der Waals surface area contributed by atoms with Gasteiger partial charge in [0.1, 0.15) is 12.6 Å². The molecule has 1 N–H and O–H groups in total. The van der Waals surface area contributed by atoms with Crippen LogP contribution in [-0.4, -0.2) is 23.5 Å². The number of amides is 1. The summed E-state index contributed by atoms with van der Waals surface area (Å²) in [6.07, 6.45) is 1.72. The van der Waals surface area contributed by atoms with Crippen molar-refractivity contribution in [3.8, 4) is 6.07 Å². The number of rotatable bonds is 5. The first-order chi connectivity index (χ1) is 12.2. The number of hydrogen-bond acceptors (Lipinski definition) is 5. The van der Waals surface area contributed by atoms with Gasteiger partial charge in [0.15, 0.2) is 0 Å². The quantitative estimate of drug-likeness (QED) is 0.849. The molecule has 2 aromatic rings. The highest BCUT2D eigenvalue weighted by Crippen LogP contribution is 2.25. The van der Waals surface area contributed by atoms with E-state index in [4.69, 9.17) is 10.1 Å². The number of carbonyl (C=O) groups is 1. The maximum absolute atomic E-state index is 12.5. The summed E-state index contributed by atoms with van der Waals surface area (Å²) in [5.41, 5.74) is 5.78. The Morgan fingerprint density at radius 1 is 1.36 bits per heavy atom. The summed E-state index contributed by atoms with van der Waals surface area (Å²) in [5.74, 6) is -0.158. The van der Waals surface area contributed by atoms with Crippen LogP contribution in [0.15, 0.2) is 42.5 Å². The summed E-state index contributed by atoms with van der Waals surface area (Å²) in [5, 5.41) is 8.89. The first-order valence-corrected chi connectivity index (χ1v) is 8.28. The Labute approximate surface area is 147 Å². The van der Waals surface area contributed by atoms with Gasteiger partial charge in [-0.1, -0.05) is 6.07 Å². The lowest BCUT2D eigenvalue weighted by atomic mass is 10.1. The third kappa shape index (κ3) is 4.14. The molecule has 6 nitrogen and oxygen atoms in total. The Kier molecular flexibility index (Phi) is 5.26. The van der Waals surface area contributed by atoms with Crippen LogP contribution >= 0.6 is 0 Å². The summed E-state index contributed by atoms with van der Waals surface area (Å²) in [6, 6.07) is 14.8. The molecule has 1 atom stereocenters. The van der Waals surface area contributed by atoms with Gasteiger partial charge in [0.2, 0.25) is 0 Å². The number of hydroxylamine groups is 1. The lowest BCUT2D eigenvalue weighted by Gasteiger charge is -2.25. The zero-order valence-corrected chi connectivity index (χ0v) is 14.1. The van der Waals surface area contributed by atoms with Crippen molar-refractivity contribution in [3.63, 3.8) is 0 Å². The fourth-order valence-electron chi connectivity index (χ4n) is 3.00. The smallest absolute Gasteiger partial charge is 0.266 e. The molecule has 2 heterocycles. The van der Waals surface area contributed by atoms with Crippen LogP contribution in [0.2, 0.25) is 0 Å². The average Bonchev–Trinajstić information content (AvgIpc) is 3.11. The Morgan fingerprint density at radius 2 is 2.16 bits per heavy atom. The second-order valence-electron chi connectivity index (χ2n) is 6.04. The topological polar surface area (TPSA) is 78.2 Å². The zero-order chi connectivity index (χ0) is 17.6. The molecule has 1 unspecified atom stereocenters. The van der Waals surface area contributed by atoms with Gasteiger partial charge < -0.3 is 4.90 Å². The largest absolute Gasteiger partial charge is 0.359 e. The molecule has 1 aromatic heterocycles. The van der Waals surface area contributed by atoms with Crippen molar-refractivity contribution in [1.29, 1.82) is 5.26 Å². The standard InChI is InChI=1S/C19H20N4O2/c1-14-4-2-5-16(21-14)13-25-22-19(24)18-6-3-11-23(18)17-9-7-15(12-20)8-10-17/h2,4-5,7-10,18H,3,6,11,13H2,1H3,(H,22,24). The third-order valence-corrected chi connectivity index (χ3v) is 4.22. The Balaban J connectivity index is 1.57. The van der Waals surface area contributed by atoms with Gasteiger partial charge in [-0.05, 0) is 56.2 Å². The summed E-state index contributed by atoms with van der Waals surface area (Å²) >= 11 is 0. The van der Waals surface area contributed by atoms with E-state index in [0.29, 0.717) is 5.56 Å². The van der Waals surface area contributed by atoms with Crippen molar-refractivity contribution >= 4 is 11.6 Å². The monoisotopic (exact) mass is 336 g/mol. The molecule has 0 aliphatic carbocycles. The fourth-order valence-corrected chi connectivity index (χ4v) is 3.00.